The Kier molecular flexibility index (Phi) is 3.84. The zero-order valence-electron chi connectivity index (χ0n) is 13.0. The molecule has 2 aliphatic carbocycles. The van der Waals surface area contributed by atoms with Crippen molar-refractivity contribution in [2.45, 2.75) is 25.2 Å². The zero-order chi connectivity index (χ0) is 17.3. The van der Waals surface area contributed by atoms with Gasteiger partial charge in [-0.25, -0.2) is 4.39 Å². The third kappa shape index (κ3) is 2.01. The van der Waals surface area contributed by atoms with Crippen LogP contribution in [0, 0.1) is 51.1 Å². The van der Waals surface area contributed by atoms with Gasteiger partial charge in [-0.3, -0.25) is 0 Å². The molecule has 24 heavy (non-hydrogen) atoms. The smallest absolute Gasteiger partial charge is 0.191 e. The maximum absolute atomic E-state index is 14.5. The molecule has 0 amide bonds. The lowest BCUT2D eigenvalue weighted by atomic mass is 9.56. The number of nitriles is 3. The van der Waals surface area contributed by atoms with Crippen LogP contribution in [0.1, 0.15) is 30.7 Å². The highest BCUT2D eigenvalue weighted by Crippen LogP contribution is 2.56. The molecule has 1 aromatic carbocycles. The lowest BCUT2D eigenvalue weighted by Gasteiger charge is -2.43. The Labute approximate surface area is 139 Å². The molecule has 0 aromatic heterocycles. The number of hydrogen-bond acceptors (Lipinski definition) is 4. The van der Waals surface area contributed by atoms with E-state index in [2.05, 4.69) is 6.07 Å². The summed E-state index contributed by atoms with van der Waals surface area (Å²) in [5.41, 5.74) is 5.57. The molecule has 3 rings (SSSR count). The van der Waals surface area contributed by atoms with Crippen molar-refractivity contribution in [2.75, 3.05) is 0 Å². The molecule has 0 saturated carbocycles. The van der Waals surface area contributed by atoms with Crippen molar-refractivity contribution in [2.24, 2.45) is 17.1 Å². The van der Waals surface area contributed by atoms with Gasteiger partial charge in [0, 0.05) is 5.92 Å². The van der Waals surface area contributed by atoms with Gasteiger partial charge in [-0.05, 0) is 42.4 Å². The van der Waals surface area contributed by atoms with Crippen molar-refractivity contribution in [3.63, 3.8) is 0 Å². The molecule has 2 aliphatic rings. The van der Waals surface area contributed by atoms with E-state index in [4.69, 9.17) is 5.73 Å². The van der Waals surface area contributed by atoms with E-state index in [0.717, 1.165) is 18.4 Å². The standard InChI is InChI=1S/C19H15FN4/c20-16-8-4-3-7-14(16)17-13-6-2-1-5-12(13)15(9-21)18(24)19(17,10-22)11-23/h3-5,7-8,13,17H,1-2,6,24H2/t13-,17+/m1/s1. The molecular formula is C19H15FN4. The molecule has 0 saturated heterocycles. The average molecular weight is 318 g/mol. The lowest BCUT2D eigenvalue weighted by molar-refractivity contribution is 0.310. The minimum absolute atomic E-state index is 0.0624. The summed E-state index contributed by atoms with van der Waals surface area (Å²) in [6.45, 7) is 0. The molecule has 0 radical (unpaired) electrons. The fourth-order valence-corrected chi connectivity index (χ4v) is 3.94. The Morgan fingerprint density at radius 1 is 1.17 bits per heavy atom. The first-order valence-electron chi connectivity index (χ1n) is 7.78. The van der Waals surface area contributed by atoms with E-state index in [9.17, 15) is 20.2 Å². The molecule has 1 aromatic rings. The molecule has 2 N–H and O–H groups in total. The number of rotatable bonds is 1. The van der Waals surface area contributed by atoms with Crippen LogP contribution < -0.4 is 5.73 Å². The number of nitrogens with zero attached hydrogens (tertiary/aromatic N) is 3. The van der Waals surface area contributed by atoms with E-state index in [1.807, 2.05) is 18.2 Å². The Hall–Kier alpha value is -3.10. The molecule has 0 heterocycles. The Bertz CT molecular complexity index is 862. The summed E-state index contributed by atoms with van der Waals surface area (Å²) >= 11 is 0. The van der Waals surface area contributed by atoms with Crippen molar-refractivity contribution >= 4 is 0 Å². The predicted molar refractivity (Wildman–Crippen MR) is 85.1 cm³/mol. The molecule has 0 fully saturated rings. The summed E-state index contributed by atoms with van der Waals surface area (Å²) in [5, 5.41) is 29.1. The van der Waals surface area contributed by atoms with Gasteiger partial charge in [0.15, 0.2) is 5.41 Å². The first kappa shape index (κ1) is 15.8. The number of allylic oxidation sites excluding steroid dienone is 4. The summed E-state index contributed by atoms with van der Waals surface area (Å²) in [5.74, 6) is -1.45. The summed E-state index contributed by atoms with van der Waals surface area (Å²) in [7, 11) is 0. The monoisotopic (exact) mass is 318 g/mol. The number of halogens is 1. The fourth-order valence-electron chi connectivity index (χ4n) is 3.94. The van der Waals surface area contributed by atoms with E-state index in [1.165, 1.54) is 6.07 Å². The Balaban J connectivity index is 2.37. The Morgan fingerprint density at radius 2 is 1.88 bits per heavy atom. The van der Waals surface area contributed by atoms with E-state index in [-0.39, 0.29) is 17.2 Å². The number of hydrogen-bond donors (Lipinski definition) is 1. The molecule has 2 atom stereocenters. The second kappa shape index (κ2) is 5.84. The van der Waals surface area contributed by atoms with Crippen LogP contribution in [0.5, 0.6) is 0 Å². The van der Waals surface area contributed by atoms with Gasteiger partial charge in [0.2, 0.25) is 0 Å². The molecule has 0 spiro atoms. The van der Waals surface area contributed by atoms with Crippen LogP contribution in [0.3, 0.4) is 0 Å². The molecule has 0 aliphatic heterocycles. The van der Waals surface area contributed by atoms with Crippen LogP contribution in [0.25, 0.3) is 0 Å². The maximum Gasteiger partial charge on any atom is 0.191 e. The van der Waals surface area contributed by atoms with Gasteiger partial charge in [0.25, 0.3) is 0 Å². The van der Waals surface area contributed by atoms with Crippen molar-refractivity contribution in [3.8, 4) is 18.2 Å². The number of benzene rings is 1. The molecule has 0 unspecified atom stereocenters. The second-order valence-electron chi connectivity index (χ2n) is 6.13. The molecule has 5 heteroatoms. The quantitative estimate of drug-likeness (QED) is 0.857. The van der Waals surface area contributed by atoms with Crippen LogP contribution in [0.4, 0.5) is 4.39 Å². The third-order valence-corrected chi connectivity index (χ3v) is 5.04. The van der Waals surface area contributed by atoms with Crippen molar-refractivity contribution < 1.29 is 4.39 Å². The van der Waals surface area contributed by atoms with Crippen LogP contribution >= 0.6 is 0 Å². The second-order valence-corrected chi connectivity index (χ2v) is 6.13. The first-order valence-corrected chi connectivity index (χ1v) is 7.78. The van der Waals surface area contributed by atoms with Crippen LogP contribution in [-0.4, -0.2) is 0 Å². The van der Waals surface area contributed by atoms with E-state index < -0.39 is 17.2 Å². The zero-order valence-corrected chi connectivity index (χ0v) is 13.0. The van der Waals surface area contributed by atoms with Gasteiger partial charge in [0.1, 0.15) is 11.9 Å². The summed E-state index contributed by atoms with van der Waals surface area (Å²) in [6, 6.07) is 12.2. The van der Waals surface area contributed by atoms with Gasteiger partial charge in [0.05, 0.1) is 23.4 Å². The highest BCUT2D eigenvalue weighted by Gasteiger charge is 2.54. The first-order chi connectivity index (χ1) is 11.6. The lowest BCUT2D eigenvalue weighted by Crippen LogP contribution is -2.43. The van der Waals surface area contributed by atoms with Gasteiger partial charge in [-0.1, -0.05) is 24.3 Å². The van der Waals surface area contributed by atoms with Crippen molar-refractivity contribution in [1.82, 2.24) is 0 Å². The van der Waals surface area contributed by atoms with Crippen molar-refractivity contribution in [1.29, 1.82) is 15.8 Å². The fraction of sp³-hybridized carbons (Fsp3) is 0.316. The van der Waals surface area contributed by atoms with Gasteiger partial charge in [-0.15, -0.1) is 0 Å². The SMILES string of the molecule is N#CC1=C(N)C(C#N)(C#N)[C@H](c2ccccc2F)[C@@H]2CCCC=C12. The van der Waals surface area contributed by atoms with E-state index in [0.29, 0.717) is 12.0 Å². The Morgan fingerprint density at radius 3 is 2.50 bits per heavy atom. The summed E-state index contributed by atoms with van der Waals surface area (Å²) < 4.78 is 14.5. The predicted octanol–water partition coefficient (Wildman–Crippen LogP) is 3.42. The maximum atomic E-state index is 14.5. The summed E-state index contributed by atoms with van der Waals surface area (Å²) in [6.07, 6.45) is 4.30. The van der Waals surface area contributed by atoms with Crippen molar-refractivity contribution in [3.05, 3.63) is 58.6 Å². The highest BCUT2D eigenvalue weighted by atomic mass is 19.1. The normalized spacial score (nSPS) is 24.8. The highest BCUT2D eigenvalue weighted by molar-refractivity contribution is 5.59. The minimum atomic E-state index is -1.74. The average Bonchev–Trinajstić information content (AvgIpc) is 2.62. The molecule has 4 nitrogen and oxygen atoms in total. The summed E-state index contributed by atoms with van der Waals surface area (Å²) in [4.78, 5) is 0. The van der Waals surface area contributed by atoms with Crippen LogP contribution in [0.2, 0.25) is 0 Å². The molecule has 0 bridgehead atoms. The largest absolute Gasteiger partial charge is 0.399 e. The van der Waals surface area contributed by atoms with E-state index >= 15 is 0 Å². The number of nitrogens with two attached hydrogens (primary N) is 1. The van der Waals surface area contributed by atoms with E-state index in [1.54, 1.807) is 18.2 Å². The van der Waals surface area contributed by atoms with Crippen LogP contribution in [0.15, 0.2) is 47.2 Å². The van der Waals surface area contributed by atoms with Gasteiger partial charge >= 0.3 is 0 Å². The minimum Gasteiger partial charge on any atom is -0.399 e. The molecule has 118 valence electrons. The van der Waals surface area contributed by atoms with Gasteiger partial charge in [-0.2, -0.15) is 15.8 Å². The van der Waals surface area contributed by atoms with Crippen LogP contribution in [-0.2, 0) is 0 Å². The number of fused-ring (bicyclic) bond motifs is 1. The third-order valence-electron chi connectivity index (χ3n) is 5.04. The molecular weight excluding hydrogens is 303 g/mol. The van der Waals surface area contributed by atoms with Gasteiger partial charge < -0.3 is 5.73 Å². The topological polar surface area (TPSA) is 97.4 Å².